The molecule has 1 atom stereocenters. The number of hydrogen-bond acceptors (Lipinski definition) is 4. The molecule has 1 aromatic heterocycles. The first-order valence-electron chi connectivity index (χ1n) is 7.65. The predicted octanol–water partition coefficient (Wildman–Crippen LogP) is -0.367. The zero-order valence-corrected chi connectivity index (χ0v) is 15.6. The standard InChI is InChI=1S/C17H25NO3.Na/c1-2-3-5-12-16(19)15-11-8-10-14(18-15)9-6-4-7-13-17(20)21;/h6,8-11,16,19H,2-5,7,12-13H2,1H3,(H,20,21);/q;+1/p-1/b9-6-;. The van der Waals surface area contributed by atoms with Crippen molar-refractivity contribution < 1.29 is 44.6 Å². The average molecular weight is 313 g/mol. The van der Waals surface area contributed by atoms with Crippen LogP contribution in [0, 0.1) is 0 Å². The molecule has 1 unspecified atom stereocenters. The van der Waals surface area contributed by atoms with E-state index >= 15 is 0 Å². The molecular formula is C17H24NNaO3. The van der Waals surface area contributed by atoms with Gasteiger partial charge in [-0.3, -0.25) is 4.98 Å². The van der Waals surface area contributed by atoms with Crippen molar-refractivity contribution in [2.45, 2.75) is 58.0 Å². The number of pyridine rings is 1. The van der Waals surface area contributed by atoms with E-state index in [2.05, 4.69) is 11.9 Å². The number of hydrogen-bond donors (Lipinski definition) is 1. The van der Waals surface area contributed by atoms with E-state index in [4.69, 9.17) is 0 Å². The third kappa shape index (κ3) is 9.36. The van der Waals surface area contributed by atoms with Crippen LogP contribution in [0.3, 0.4) is 0 Å². The average Bonchev–Trinajstić information content (AvgIpc) is 2.47. The van der Waals surface area contributed by atoms with E-state index in [1.54, 1.807) is 0 Å². The Morgan fingerprint density at radius 2 is 2.14 bits per heavy atom. The summed E-state index contributed by atoms with van der Waals surface area (Å²) in [5, 5.41) is 20.4. The summed E-state index contributed by atoms with van der Waals surface area (Å²) in [6, 6.07) is 5.59. The predicted molar refractivity (Wildman–Crippen MR) is 81.2 cm³/mol. The first-order chi connectivity index (χ1) is 10.1. The minimum Gasteiger partial charge on any atom is -0.550 e. The number of aromatic nitrogens is 1. The first kappa shape index (κ1) is 21.3. The van der Waals surface area contributed by atoms with Crippen molar-refractivity contribution in [3.63, 3.8) is 0 Å². The minimum atomic E-state index is -1.02. The Balaban J connectivity index is 0.00000441. The van der Waals surface area contributed by atoms with Crippen molar-refractivity contribution in [2.24, 2.45) is 0 Å². The van der Waals surface area contributed by atoms with Gasteiger partial charge in [-0.05, 0) is 43.9 Å². The van der Waals surface area contributed by atoms with Crippen molar-refractivity contribution >= 4 is 12.0 Å². The summed E-state index contributed by atoms with van der Waals surface area (Å²) in [5.41, 5.74) is 1.48. The van der Waals surface area contributed by atoms with E-state index in [1.807, 2.05) is 30.4 Å². The molecule has 0 amide bonds. The SMILES string of the molecule is CCCCCC(O)c1cccc(/C=C\CCCC(=O)[O-])n1.[Na+]. The smallest absolute Gasteiger partial charge is 0.550 e. The van der Waals surface area contributed by atoms with Gasteiger partial charge in [-0.25, -0.2) is 0 Å². The Morgan fingerprint density at radius 3 is 2.82 bits per heavy atom. The van der Waals surface area contributed by atoms with Gasteiger partial charge in [0, 0.05) is 5.97 Å². The second-order valence-electron chi connectivity index (χ2n) is 5.17. The maximum atomic E-state index is 10.3. The van der Waals surface area contributed by atoms with E-state index in [0.717, 1.165) is 31.4 Å². The molecule has 1 heterocycles. The van der Waals surface area contributed by atoms with E-state index in [0.29, 0.717) is 18.5 Å². The maximum Gasteiger partial charge on any atom is 1.00 e. The molecule has 0 bridgehead atoms. The van der Waals surface area contributed by atoms with Gasteiger partial charge in [-0.2, -0.15) is 0 Å². The summed E-state index contributed by atoms with van der Waals surface area (Å²) in [6.45, 7) is 2.14. The Morgan fingerprint density at radius 1 is 1.36 bits per heavy atom. The monoisotopic (exact) mass is 313 g/mol. The quantitative estimate of drug-likeness (QED) is 0.473. The van der Waals surface area contributed by atoms with Crippen LogP contribution in [0.4, 0.5) is 0 Å². The molecule has 0 radical (unpaired) electrons. The van der Waals surface area contributed by atoms with Crippen LogP contribution in [0.25, 0.3) is 6.08 Å². The second-order valence-corrected chi connectivity index (χ2v) is 5.17. The molecule has 0 aromatic carbocycles. The van der Waals surface area contributed by atoms with E-state index in [9.17, 15) is 15.0 Å². The number of carboxylic acid groups (broad SMARTS) is 1. The molecule has 22 heavy (non-hydrogen) atoms. The number of carboxylic acids is 1. The summed E-state index contributed by atoms with van der Waals surface area (Å²) in [4.78, 5) is 14.7. The number of aliphatic carboxylic acids is 1. The van der Waals surface area contributed by atoms with Crippen molar-refractivity contribution in [3.8, 4) is 0 Å². The molecule has 116 valence electrons. The molecule has 1 aromatic rings. The maximum absolute atomic E-state index is 10.3. The number of carbonyl (C=O) groups excluding carboxylic acids is 1. The summed E-state index contributed by atoms with van der Waals surface area (Å²) in [6.07, 6.45) is 8.57. The fraction of sp³-hybridized carbons (Fsp3) is 0.529. The van der Waals surface area contributed by atoms with Gasteiger partial charge in [0.15, 0.2) is 0 Å². The molecule has 0 spiro atoms. The van der Waals surface area contributed by atoms with Crippen molar-refractivity contribution in [1.29, 1.82) is 0 Å². The van der Waals surface area contributed by atoms with Crippen LogP contribution in [0.1, 0.15) is 69.4 Å². The van der Waals surface area contributed by atoms with Gasteiger partial charge in [-0.15, -0.1) is 0 Å². The normalized spacial score (nSPS) is 12.1. The molecule has 5 heteroatoms. The van der Waals surface area contributed by atoms with Crippen molar-refractivity contribution in [3.05, 3.63) is 35.7 Å². The van der Waals surface area contributed by atoms with Crippen LogP contribution >= 0.6 is 0 Å². The summed E-state index contributed by atoms with van der Waals surface area (Å²) >= 11 is 0. The first-order valence-corrected chi connectivity index (χ1v) is 7.65. The zero-order valence-electron chi connectivity index (χ0n) is 13.6. The molecule has 0 aliphatic carbocycles. The van der Waals surface area contributed by atoms with Crippen molar-refractivity contribution in [2.75, 3.05) is 0 Å². The van der Waals surface area contributed by atoms with Crippen molar-refractivity contribution in [1.82, 2.24) is 4.98 Å². The fourth-order valence-electron chi connectivity index (χ4n) is 2.05. The number of aliphatic hydroxyl groups excluding tert-OH is 1. The van der Waals surface area contributed by atoms with Gasteiger partial charge in [0.1, 0.15) is 0 Å². The molecule has 0 aliphatic rings. The van der Waals surface area contributed by atoms with Crippen LogP contribution in [-0.2, 0) is 4.79 Å². The van der Waals surface area contributed by atoms with E-state index < -0.39 is 12.1 Å². The Bertz CT molecular complexity index is 463. The summed E-state index contributed by atoms with van der Waals surface area (Å²) in [5.74, 6) is -1.02. The van der Waals surface area contributed by atoms with Gasteiger partial charge < -0.3 is 15.0 Å². The topological polar surface area (TPSA) is 73.2 Å². The van der Waals surface area contributed by atoms with Gasteiger partial charge in [0.25, 0.3) is 0 Å². The molecule has 4 nitrogen and oxygen atoms in total. The van der Waals surface area contributed by atoms with Crippen LogP contribution in [0.2, 0.25) is 0 Å². The van der Waals surface area contributed by atoms with Gasteiger partial charge >= 0.3 is 29.6 Å². The molecule has 0 saturated carbocycles. The minimum absolute atomic E-state index is 0. The van der Waals surface area contributed by atoms with Gasteiger partial charge in [0.05, 0.1) is 17.5 Å². The molecule has 1 N–H and O–H groups in total. The van der Waals surface area contributed by atoms with Crippen LogP contribution < -0.4 is 34.7 Å². The Hall–Kier alpha value is -0.680. The third-order valence-corrected chi connectivity index (χ3v) is 3.25. The number of rotatable bonds is 10. The summed E-state index contributed by atoms with van der Waals surface area (Å²) < 4.78 is 0. The molecule has 0 fully saturated rings. The van der Waals surface area contributed by atoms with E-state index in [-0.39, 0.29) is 36.0 Å². The molecular weight excluding hydrogens is 289 g/mol. The number of aliphatic hydroxyl groups is 1. The summed E-state index contributed by atoms with van der Waals surface area (Å²) in [7, 11) is 0. The Labute approximate surface area is 155 Å². The number of unbranched alkanes of at least 4 members (excludes halogenated alkanes) is 3. The van der Waals surface area contributed by atoms with Gasteiger partial charge in [-0.1, -0.05) is 38.3 Å². The zero-order chi connectivity index (χ0) is 15.5. The Kier molecular flexibility index (Phi) is 12.4. The van der Waals surface area contributed by atoms with Crippen LogP contribution in [0.5, 0.6) is 0 Å². The second kappa shape index (κ2) is 12.8. The van der Waals surface area contributed by atoms with Crippen LogP contribution in [-0.4, -0.2) is 16.1 Å². The molecule has 0 saturated heterocycles. The number of allylic oxidation sites excluding steroid dienone is 1. The van der Waals surface area contributed by atoms with Gasteiger partial charge in [0.2, 0.25) is 0 Å². The number of carbonyl (C=O) groups is 1. The van der Waals surface area contributed by atoms with Crippen LogP contribution in [0.15, 0.2) is 24.3 Å². The molecule has 1 rings (SSSR count). The largest absolute Gasteiger partial charge is 1.00 e. The van der Waals surface area contributed by atoms with E-state index in [1.165, 1.54) is 0 Å². The third-order valence-electron chi connectivity index (χ3n) is 3.25. The fourth-order valence-corrected chi connectivity index (χ4v) is 2.05. The number of nitrogens with zero attached hydrogens (tertiary/aromatic N) is 1. The molecule has 0 aliphatic heterocycles.